The molecule has 0 spiro atoms. The van der Waals surface area contributed by atoms with Crippen molar-refractivity contribution in [3.8, 4) is 0 Å². The number of aromatic nitrogens is 1. The molecule has 4 rings (SSSR count). The van der Waals surface area contributed by atoms with E-state index in [1.165, 1.54) is 23.2 Å². The molecule has 41 heavy (non-hydrogen) atoms. The van der Waals surface area contributed by atoms with E-state index in [0.29, 0.717) is 17.7 Å². The molecule has 1 N–H and O–H groups in total. The molecular formula is C35H52N4OS. The van der Waals surface area contributed by atoms with Crippen LogP contribution >= 0.6 is 0 Å². The third kappa shape index (κ3) is 8.30. The van der Waals surface area contributed by atoms with Gasteiger partial charge in [0.1, 0.15) is 5.82 Å². The van der Waals surface area contributed by atoms with Gasteiger partial charge in [-0.2, -0.15) is 0 Å². The zero-order valence-electron chi connectivity index (χ0n) is 26.9. The van der Waals surface area contributed by atoms with Gasteiger partial charge in [-0.25, -0.2) is 4.98 Å². The van der Waals surface area contributed by atoms with Crippen molar-refractivity contribution in [2.24, 2.45) is 21.7 Å². The summed E-state index contributed by atoms with van der Waals surface area (Å²) >= 11 is 0. The molecule has 5 nitrogen and oxygen atoms in total. The molecule has 1 fully saturated rings. The summed E-state index contributed by atoms with van der Waals surface area (Å²) in [6.45, 7) is 20.5. The number of nitrogens with zero attached hydrogens (tertiary/aromatic N) is 3. The lowest BCUT2D eigenvalue weighted by atomic mass is 9.73. The number of hydrogen-bond donors (Lipinski definition) is 1. The fourth-order valence-corrected chi connectivity index (χ4v) is 7.67. The normalized spacial score (nSPS) is 23.8. The number of anilines is 3. The summed E-state index contributed by atoms with van der Waals surface area (Å²) in [4.78, 5) is 12.7. The molecule has 1 aliphatic heterocycles. The van der Waals surface area contributed by atoms with Crippen LogP contribution in [0, 0.1) is 37.5 Å². The van der Waals surface area contributed by atoms with Gasteiger partial charge in [-0.15, -0.1) is 0 Å². The molecule has 2 aliphatic rings. The van der Waals surface area contributed by atoms with Gasteiger partial charge in [0.25, 0.3) is 0 Å². The smallest absolute Gasteiger partial charge is 0.130 e. The molecule has 2 heterocycles. The molecule has 1 saturated carbocycles. The average Bonchev–Trinajstić information content (AvgIpc) is 3.18. The van der Waals surface area contributed by atoms with Gasteiger partial charge in [0.15, 0.2) is 0 Å². The molecule has 1 aliphatic carbocycles. The van der Waals surface area contributed by atoms with Gasteiger partial charge >= 0.3 is 0 Å². The first-order chi connectivity index (χ1) is 19.2. The van der Waals surface area contributed by atoms with Crippen molar-refractivity contribution in [2.75, 3.05) is 35.3 Å². The first-order valence-electron chi connectivity index (χ1n) is 15.3. The average molecular weight is 577 g/mol. The predicted molar refractivity (Wildman–Crippen MR) is 177 cm³/mol. The Labute approximate surface area is 251 Å². The van der Waals surface area contributed by atoms with Crippen LogP contribution in [0.25, 0.3) is 0 Å². The Morgan fingerprint density at radius 3 is 2.49 bits per heavy atom. The Balaban J connectivity index is 1.54. The Morgan fingerprint density at radius 2 is 1.78 bits per heavy atom. The molecule has 3 unspecified atom stereocenters. The van der Waals surface area contributed by atoms with Gasteiger partial charge in [0.05, 0.1) is 11.4 Å². The number of rotatable bonds is 6. The van der Waals surface area contributed by atoms with E-state index in [2.05, 4.69) is 95.9 Å². The third-order valence-electron chi connectivity index (χ3n) is 9.29. The molecule has 6 heteroatoms. The number of aryl methyl sites for hydroxylation is 3. The summed E-state index contributed by atoms with van der Waals surface area (Å²) in [7, 11) is -0.780. The second-order valence-electron chi connectivity index (χ2n) is 14.2. The quantitative estimate of drug-likeness (QED) is 0.282. The standard InChI is InChI=1S/C35H52N4OS/c1-24-17-29(12-13-31(24)39-15-10-11-28(14-16-39)23-41(9)40)37-32-18-25(2)33(26(3)22-36-32)38-30-20-34(5,6)19-27(4)35(7,8)21-30/h11-13,17-18,22,27,30H,10,14-16,19-21,23H2,1-9H3,(H,36,37). The summed E-state index contributed by atoms with van der Waals surface area (Å²) < 4.78 is 11.7. The van der Waals surface area contributed by atoms with Crippen LogP contribution in [0.15, 0.2) is 47.1 Å². The second-order valence-corrected chi connectivity index (χ2v) is 15.6. The van der Waals surface area contributed by atoms with Crippen molar-refractivity contribution < 1.29 is 4.21 Å². The molecular weight excluding hydrogens is 524 g/mol. The highest BCUT2D eigenvalue weighted by atomic mass is 32.2. The van der Waals surface area contributed by atoms with Gasteiger partial charge < -0.3 is 10.2 Å². The van der Waals surface area contributed by atoms with E-state index >= 15 is 0 Å². The minimum Gasteiger partial charge on any atom is -0.371 e. The summed E-state index contributed by atoms with van der Waals surface area (Å²) in [5.41, 5.74) is 7.72. The SMILES string of the molecule is Cc1cc(Nc2cc(C)c(=NC3CC(C)(C)CC(C)C(C)(C)C3)c(C)cn2)ccc1N1CCC=C(CS(C)=O)CC1. The number of hydrogen-bond acceptors (Lipinski definition) is 5. The highest BCUT2D eigenvalue weighted by Gasteiger charge is 2.38. The topological polar surface area (TPSA) is 57.6 Å². The van der Waals surface area contributed by atoms with Crippen LogP contribution in [-0.4, -0.2) is 40.3 Å². The zero-order valence-corrected chi connectivity index (χ0v) is 27.8. The maximum absolute atomic E-state index is 11.7. The fourth-order valence-electron chi connectivity index (χ4n) is 6.89. The van der Waals surface area contributed by atoms with Crippen LogP contribution in [0.3, 0.4) is 0 Å². The van der Waals surface area contributed by atoms with E-state index in [-0.39, 0.29) is 10.8 Å². The second kappa shape index (κ2) is 12.8. The van der Waals surface area contributed by atoms with Crippen molar-refractivity contribution in [2.45, 2.75) is 93.5 Å². The molecule has 1 aromatic heterocycles. The first-order valence-corrected chi connectivity index (χ1v) is 17.1. The van der Waals surface area contributed by atoms with Gasteiger partial charge in [0, 0.05) is 53.5 Å². The van der Waals surface area contributed by atoms with Crippen molar-refractivity contribution in [3.63, 3.8) is 0 Å². The van der Waals surface area contributed by atoms with E-state index < -0.39 is 10.8 Å². The van der Waals surface area contributed by atoms with Crippen molar-refractivity contribution in [1.29, 1.82) is 0 Å². The van der Waals surface area contributed by atoms with Crippen LogP contribution in [0.1, 0.15) is 83.4 Å². The Morgan fingerprint density at radius 1 is 1.02 bits per heavy atom. The Bertz CT molecular complexity index is 1380. The lowest BCUT2D eigenvalue weighted by Gasteiger charge is -2.32. The van der Waals surface area contributed by atoms with Gasteiger partial charge in [0.2, 0.25) is 0 Å². The van der Waals surface area contributed by atoms with E-state index in [4.69, 9.17) is 9.98 Å². The molecule has 0 radical (unpaired) electrons. The first kappa shape index (κ1) is 31.5. The summed E-state index contributed by atoms with van der Waals surface area (Å²) in [5.74, 6) is 2.21. The molecule has 3 atom stereocenters. The van der Waals surface area contributed by atoms with Crippen LogP contribution in [0.4, 0.5) is 17.2 Å². The van der Waals surface area contributed by atoms with Gasteiger partial charge in [-0.1, -0.05) is 46.3 Å². The van der Waals surface area contributed by atoms with Gasteiger partial charge in [-0.3, -0.25) is 9.20 Å². The maximum atomic E-state index is 11.7. The zero-order chi connectivity index (χ0) is 29.9. The van der Waals surface area contributed by atoms with E-state index in [1.54, 1.807) is 6.26 Å². The summed E-state index contributed by atoms with van der Waals surface area (Å²) in [6.07, 6.45) is 11.5. The molecule has 0 bridgehead atoms. The minimum atomic E-state index is -0.780. The van der Waals surface area contributed by atoms with Crippen LogP contribution < -0.4 is 15.6 Å². The fraction of sp³-hybridized carbons (Fsp3) is 0.600. The lowest BCUT2D eigenvalue weighted by Crippen LogP contribution is -2.25. The number of nitrogens with one attached hydrogen (secondary N) is 1. The predicted octanol–water partition coefficient (Wildman–Crippen LogP) is 7.80. The largest absolute Gasteiger partial charge is 0.371 e. The monoisotopic (exact) mass is 576 g/mol. The molecule has 1 aromatic carbocycles. The van der Waals surface area contributed by atoms with Crippen LogP contribution in [0.5, 0.6) is 0 Å². The van der Waals surface area contributed by atoms with Crippen LogP contribution in [-0.2, 0) is 10.8 Å². The van der Waals surface area contributed by atoms with E-state index in [9.17, 15) is 4.21 Å². The van der Waals surface area contributed by atoms with Crippen molar-refractivity contribution in [1.82, 2.24) is 4.98 Å². The van der Waals surface area contributed by atoms with Crippen LogP contribution in [0.2, 0.25) is 0 Å². The Hall–Kier alpha value is -2.47. The van der Waals surface area contributed by atoms with E-state index in [1.807, 2.05) is 6.20 Å². The molecule has 0 amide bonds. The molecule has 0 saturated heterocycles. The van der Waals surface area contributed by atoms with Crippen molar-refractivity contribution in [3.05, 3.63) is 64.2 Å². The number of benzene rings is 1. The molecule has 224 valence electrons. The summed E-state index contributed by atoms with van der Waals surface area (Å²) in [6, 6.07) is 9.05. The van der Waals surface area contributed by atoms with Crippen molar-refractivity contribution >= 4 is 28.0 Å². The third-order valence-corrected chi connectivity index (χ3v) is 10.1. The van der Waals surface area contributed by atoms with Gasteiger partial charge in [-0.05, 0) is 111 Å². The minimum absolute atomic E-state index is 0.275. The van der Waals surface area contributed by atoms with E-state index in [0.717, 1.165) is 66.8 Å². The highest BCUT2D eigenvalue weighted by molar-refractivity contribution is 7.84. The lowest BCUT2D eigenvalue weighted by molar-refractivity contribution is 0.179. The highest BCUT2D eigenvalue weighted by Crippen LogP contribution is 2.46. The maximum Gasteiger partial charge on any atom is 0.130 e. The molecule has 2 aromatic rings. The summed E-state index contributed by atoms with van der Waals surface area (Å²) in [5, 5.41) is 4.65. The Kier molecular flexibility index (Phi) is 9.83.